The number of carbonyl (C=O) groups is 1. The van der Waals surface area contributed by atoms with Crippen molar-refractivity contribution in [2.75, 3.05) is 32.1 Å². The summed E-state index contributed by atoms with van der Waals surface area (Å²) in [6.07, 6.45) is 0. The second-order valence-corrected chi connectivity index (χ2v) is 9.53. The second kappa shape index (κ2) is 10.4. The molecule has 1 amide bonds. The van der Waals surface area contributed by atoms with Crippen LogP contribution in [0.1, 0.15) is 28.8 Å². The van der Waals surface area contributed by atoms with Crippen LogP contribution in [-0.4, -0.2) is 42.1 Å². The van der Waals surface area contributed by atoms with Gasteiger partial charge in [-0.15, -0.1) is 0 Å². The number of sulfonamides is 1. The minimum Gasteiger partial charge on any atom is -0.493 e. The van der Waals surface area contributed by atoms with Gasteiger partial charge in [0.1, 0.15) is 0 Å². The van der Waals surface area contributed by atoms with Crippen molar-refractivity contribution in [2.24, 2.45) is 0 Å². The zero-order chi connectivity index (χ0) is 24.0. The predicted molar refractivity (Wildman–Crippen MR) is 129 cm³/mol. The molecule has 0 saturated heterocycles. The molecule has 7 nitrogen and oxygen atoms in total. The molecule has 0 aliphatic carbocycles. The molecule has 3 aromatic rings. The number of anilines is 1. The van der Waals surface area contributed by atoms with Crippen LogP contribution in [0.25, 0.3) is 0 Å². The summed E-state index contributed by atoms with van der Waals surface area (Å²) in [5.41, 5.74) is 2.03. The minimum atomic E-state index is -3.84. The highest BCUT2D eigenvalue weighted by Gasteiger charge is 2.23. The maximum atomic E-state index is 13.1. The van der Waals surface area contributed by atoms with Crippen molar-refractivity contribution in [3.8, 4) is 11.5 Å². The Balaban J connectivity index is 1.70. The van der Waals surface area contributed by atoms with E-state index in [1.54, 1.807) is 30.3 Å². The highest BCUT2D eigenvalue weighted by Crippen LogP contribution is 2.31. The van der Waals surface area contributed by atoms with Crippen LogP contribution in [0.15, 0.2) is 77.7 Å². The normalized spacial score (nSPS) is 12.0. The lowest BCUT2D eigenvalue weighted by Gasteiger charge is -2.20. The summed E-state index contributed by atoms with van der Waals surface area (Å²) in [5.74, 6) is 0.724. The monoisotopic (exact) mass is 468 g/mol. The molecule has 8 heteroatoms. The lowest BCUT2D eigenvalue weighted by molar-refractivity contribution is 0.0951. The molecule has 0 radical (unpaired) electrons. The molecule has 0 fully saturated rings. The van der Waals surface area contributed by atoms with Gasteiger partial charge in [-0.25, -0.2) is 8.42 Å². The molecule has 1 atom stereocenters. The van der Waals surface area contributed by atoms with E-state index in [0.717, 1.165) is 9.87 Å². The zero-order valence-corrected chi connectivity index (χ0v) is 19.9. The molecule has 0 spiro atoms. The molecule has 3 rings (SSSR count). The number of methoxy groups -OCH3 is 2. The van der Waals surface area contributed by atoms with Gasteiger partial charge in [-0.3, -0.25) is 9.10 Å². The van der Waals surface area contributed by atoms with Crippen molar-refractivity contribution in [3.63, 3.8) is 0 Å². The summed E-state index contributed by atoms with van der Waals surface area (Å²) in [7, 11) is 0.554. The van der Waals surface area contributed by atoms with Crippen LogP contribution in [0.4, 0.5) is 5.69 Å². The Morgan fingerprint density at radius 3 is 2.18 bits per heavy atom. The van der Waals surface area contributed by atoms with E-state index in [9.17, 15) is 13.2 Å². The van der Waals surface area contributed by atoms with Crippen molar-refractivity contribution in [3.05, 3.63) is 83.9 Å². The van der Waals surface area contributed by atoms with Crippen molar-refractivity contribution < 1.29 is 22.7 Å². The Hall–Kier alpha value is -3.52. The fourth-order valence-corrected chi connectivity index (χ4v) is 4.56. The molecule has 33 heavy (non-hydrogen) atoms. The minimum absolute atomic E-state index is 0.0689. The first kappa shape index (κ1) is 24.1. The number of hydrogen-bond acceptors (Lipinski definition) is 5. The molecule has 0 aliphatic heterocycles. The fourth-order valence-electron chi connectivity index (χ4n) is 3.34. The molecule has 0 aliphatic rings. The van der Waals surface area contributed by atoms with Gasteiger partial charge in [0.2, 0.25) is 0 Å². The quantitative estimate of drug-likeness (QED) is 0.512. The Bertz CT molecular complexity index is 1200. The summed E-state index contributed by atoms with van der Waals surface area (Å²) in [5, 5.41) is 2.93. The fraction of sp³-hybridized carbons (Fsp3) is 0.240. The zero-order valence-electron chi connectivity index (χ0n) is 19.1. The molecule has 3 aromatic carbocycles. The summed E-state index contributed by atoms with van der Waals surface area (Å²) < 4.78 is 37.7. The molecule has 174 valence electrons. The largest absolute Gasteiger partial charge is 0.493 e. The van der Waals surface area contributed by atoms with Crippen LogP contribution >= 0.6 is 0 Å². The van der Waals surface area contributed by atoms with Gasteiger partial charge in [-0.05, 0) is 47.9 Å². The van der Waals surface area contributed by atoms with E-state index in [4.69, 9.17) is 9.47 Å². The van der Waals surface area contributed by atoms with Crippen molar-refractivity contribution in [1.82, 2.24) is 5.32 Å². The SMILES string of the molecule is COc1ccc(S(=O)(=O)N(C)c2ccc(C(=O)NC[C@H](C)c3ccccc3)cc2)cc1OC. The molecule has 0 saturated carbocycles. The van der Waals surface area contributed by atoms with E-state index in [1.165, 1.54) is 33.4 Å². The number of nitrogens with one attached hydrogen (secondary N) is 1. The van der Waals surface area contributed by atoms with Crippen LogP contribution in [0.5, 0.6) is 11.5 Å². The van der Waals surface area contributed by atoms with Gasteiger partial charge in [0, 0.05) is 25.2 Å². The molecular formula is C25H28N2O5S. The standard InChI is InChI=1S/C25H28N2O5S/c1-18(19-8-6-5-7-9-19)17-26-25(28)20-10-12-21(13-11-20)27(2)33(29,30)22-14-15-23(31-3)24(16-22)32-4/h5-16,18H,17H2,1-4H3,(H,26,28)/t18-/m0/s1. The van der Waals surface area contributed by atoms with E-state index in [2.05, 4.69) is 5.32 Å². The molecule has 0 unspecified atom stereocenters. The van der Waals surface area contributed by atoms with Crippen molar-refractivity contribution >= 4 is 21.6 Å². The second-order valence-electron chi connectivity index (χ2n) is 7.56. The summed E-state index contributed by atoms with van der Waals surface area (Å²) in [6, 6.07) is 20.8. The number of amides is 1. The molecule has 0 bridgehead atoms. The van der Waals surface area contributed by atoms with E-state index in [-0.39, 0.29) is 16.7 Å². The molecule has 0 heterocycles. The Kier molecular flexibility index (Phi) is 7.60. The van der Waals surface area contributed by atoms with Gasteiger partial charge >= 0.3 is 0 Å². The Labute approximate surface area is 195 Å². The highest BCUT2D eigenvalue weighted by molar-refractivity contribution is 7.92. The smallest absolute Gasteiger partial charge is 0.264 e. The van der Waals surface area contributed by atoms with E-state index in [1.807, 2.05) is 37.3 Å². The number of benzene rings is 3. The average Bonchev–Trinajstić information content (AvgIpc) is 2.86. The summed E-state index contributed by atoms with van der Waals surface area (Å²) in [4.78, 5) is 12.6. The van der Waals surface area contributed by atoms with Gasteiger partial charge in [0.25, 0.3) is 15.9 Å². The number of hydrogen-bond donors (Lipinski definition) is 1. The van der Waals surface area contributed by atoms with Crippen molar-refractivity contribution in [2.45, 2.75) is 17.7 Å². The molecule has 1 N–H and O–H groups in total. The van der Waals surface area contributed by atoms with E-state index < -0.39 is 10.0 Å². The number of carbonyl (C=O) groups excluding carboxylic acids is 1. The first-order valence-corrected chi connectivity index (χ1v) is 11.9. The number of nitrogens with zero attached hydrogens (tertiary/aromatic N) is 1. The van der Waals surface area contributed by atoms with Gasteiger partial charge in [0.15, 0.2) is 11.5 Å². The molecule has 0 aromatic heterocycles. The molecular weight excluding hydrogens is 440 g/mol. The number of ether oxygens (including phenoxy) is 2. The van der Waals surface area contributed by atoms with E-state index >= 15 is 0 Å². The first-order chi connectivity index (χ1) is 15.8. The topological polar surface area (TPSA) is 84.9 Å². The van der Waals surface area contributed by atoms with E-state index in [0.29, 0.717) is 29.3 Å². The van der Waals surface area contributed by atoms with Crippen LogP contribution in [0.3, 0.4) is 0 Å². The third-order valence-electron chi connectivity index (χ3n) is 5.44. The maximum Gasteiger partial charge on any atom is 0.264 e. The first-order valence-electron chi connectivity index (χ1n) is 10.4. The summed E-state index contributed by atoms with van der Waals surface area (Å²) in [6.45, 7) is 2.55. The third kappa shape index (κ3) is 5.46. The highest BCUT2D eigenvalue weighted by atomic mass is 32.2. The summed E-state index contributed by atoms with van der Waals surface area (Å²) >= 11 is 0. The van der Waals surface area contributed by atoms with Crippen LogP contribution < -0.4 is 19.1 Å². The Morgan fingerprint density at radius 1 is 0.939 bits per heavy atom. The predicted octanol–water partition coefficient (Wildman–Crippen LogP) is 4.06. The van der Waals surface area contributed by atoms with Crippen molar-refractivity contribution in [1.29, 1.82) is 0 Å². The van der Waals surface area contributed by atoms with Gasteiger partial charge in [0.05, 0.1) is 24.8 Å². The lowest BCUT2D eigenvalue weighted by Crippen LogP contribution is -2.28. The van der Waals surface area contributed by atoms with Crippen LogP contribution in [-0.2, 0) is 10.0 Å². The average molecular weight is 469 g/mol. The van der Waals surface area contributed by atoms with Crippen LogP contribution in [0.2, 0.25) is 0 Å². The van der Waals surface area contributed by atoms with Gasteiger partial charge in [-0.1, -0.05) is 37.3 Å². The Morgan fingerprint density at radius 2 is 1.58 bits per heavy atom. The van der Waals surface area contributed by atoms with Gasteiger partial charge < -0.3 is 14.8 Å². The maximum absolute atomic E-state index is 13.1. The van der Waals surface area contributed by atoms with Gasteiger partial charge in [-0.2, -0.15) is 0 Å². The van der Waals surface area contributed by atoms with Crippen LogP contribution in [0, 0.1) is 0 Å². The number of rotatable bonds is 9. The third-order valence-corrected chi connectivity index (χ3v) is 7.23. The lowest BCUT2D eigenvalue weighted by atomic mass is 10.0.